The molecule has 0 radical (unpaired) electrons. The molecule has 1 atom stereocenters. The Morgan fingerprint density at radius 2 is 2.00 bits per heavy atom. The van der Waals surface area contributed by atoms with Crippen molar-refractivity contribution in [1.29, 1.82) is 0 Å². The molecule has 1 aliphatic heterocycles. The van der Waals surface area contributed by atoms with Gasteiger partial charge in [-0.15, -0.1) is 0 Å². The van der Waals surface area contributed by atoms with Crippen molar-refractivity contribution in [2.45, 2.75) is 25.3 Å². The second-order valence-electron chi connectivity index (χ2n) is 5.65. The Balaban J connectivity index is 1.65. The van der Waals surface area contributed by atoms with Gasteiger partial charge in [0.2, 0.25) is 0 Å². The average molecular weight is 302 g/mol. The predicted molar refractivity (Wildman–Crippen MR) is 85.0 cm³/mol. The topological polar surface area (TPSA) is 24.1 Å². The van der Waals surface area contributed by atoms with E-state index in [0.717, 1.165) is 31.1 Å². The minimum absolute atomic E-state index is 0.253. The summed E-state index contributed by atoms with van der Waals surface area (Å²) in [5.74, 6) is -0.730. The Morgan fingerprint density at radius 3 is 2.91 bits per heavy atom. The van der Waals surface area contributed by atoms with Crippen LogP contribution in [0.3, 0.4) is 0 Å². The zero-order chi connectivity index (χ0) is 15.4. The van der Waals surface area contributed by atoms with Gasteiger partial charge in [-0.1, -0.05) is 18.2 Å². The van der Waals surface area contributed by atoms with E-state index in [-0.39, 0.29) is 17.7 Å². The average Bonchev–Trinajstić information content (AvgIpc) is 2.73. The smallest absolute Gasteiger partial charge is 0.126 e. The summed E-state index contributed by atoms with van der Waals surface area (Å²) >= 11 is 0. The molecule has 2 nitrogen and oxygen atoms in total. The molecule has 0 aliphatic carbocycles. The Hall–Kier alpha value is -1.94. The highest BCUT2D eigenvalue weighted by molar-refractivity contribution is 5.53. The molecule has 4 heteroatoms. The Bertz CT molecular complexity index is 643. The quantitative estimate of drug-likeness (QED) is 0.890. The minimum atomic E-state index is -0.389. The molecule has 1 unspecified atom stereocenters. The zero-order valence-electron chi connectivity index (χ0n) is 12.4. The van der Waals surface area contributed by atoms with Gasteiger partial charge < -0.3 is 10.6 Å². The van der Waals surface area contributed by atoms with E-state index < -0.39 is 0 Å². The molecule has 1 heterocycles. The van der Waals surface area contributed by atoms with Crippen LogP contribution in [0.15, 0.2) is 42.5 Å². The number of nitrogens with one attached hydrogen (secondary N) is 2. The van der Waals surface area contributed by atoms with Crippen LogP contribution in [0.2, 0.25) is 0 Å². The van der Waals surface area contributed by atoms with Crippen molar-refractivity contribution in [3.05, 3.63) is 65.2 Å². The largest absolute Gasteiger partial charge is 0.385 e. The van der Waals surface area contributed by atoms with E-state index in [4.69, 9.17) is 0 Å². The molecular weight excluding hydrogens is 282 g/mol. The molecule has 3 rings (SSSR count). The number of hydrogen-bond acceptors (Lipinski definition) is 2. The van der Waals surface area contributed by atoms with Gasteiger partial charge in [-0.05, 0) is 61.2 Å². The first kappa shape index (κ1) is 15.0. The van der Waals surface area contributed by atoms with Crippen LogP contribution < -0.4 is 10.6 Å². The summed E-state index contributed by atoms with van der Waals surface area (Å²) in [6.07, 6.45) is 2.60. The molecule has 22 heavy (non-hydrogen) atoms. The summed E-state index contributed by atoms with van der Waals surface area (Å²) in [7, 11) is 0. The van der Waals surface area contributed by atoms with Crippen molar-refractivity contribution >= 4 is 5.69 Å². The maximum atomic E-state index is 13.6. The summed E-state index contributed by atoms with van der Waals surface area (Å²) in [5.41, 5.74) is 2.83. The van der Waals surface area contributed by atoms with Crippen LogP contribution >= 0.6 is 0 Å². The van der Waals surface area contributed by atoms with Gasteiger partial charge in [0.15, 0.2) is 0 Å². The van der Waals surface area contributed by atoms with Gasteiger partial charge in [-0.2, -0.15) is 0 Å². The van der Waals surface area contributed by atoms with Crippen LogP contribution in [-0.4, -0.2) is 13.1 Å². The lowest BCUT2D eigenvalue weighted by atomic mass is 10.0. The van der Waals surface area contributed by atoms with Gasteiger partial charge in [0.25, 0.3) is 0 Å². The van der Waals surface area contributed by atoms with Crippen LogP contribution in [-0.2, 0) is 6.42 Å². The third-order valence-corrected chi connectivity index (χ3v) is 4.11. The first-order chi connectivity index (χ1) is 10.7. The zero-order valence-corrected chi connectivity index (χ0v) is 12.4. The number of rotatable bonds is 4. The van der Waals surface area contributed by atoms with Gasteiger partial charge in [-0.3, -0.25) is 0 Å². The molecule has 2 aromatic carbocycles. The molecule has 0 amide bonds. The summed E-state index contributed by atoms with van der Waals surface area (Å²) in [6.45, 7) is 1.59. The number of para-hydroxylation sites is 1. The van der Waals surface area contributed by atoms with Gasteiger partial charge in [0.1, 0.15) is 11.6 Å². The molecule has 0 fully saturated rings. The molecule has 116 valence electrons. The van der Waals surface area contributed by atoms with Crippen LogP contribution in [0.5, 0.6) is 0 Å². The molecular formula is C18H20F2N2. The number of benzene rings is 2. The Morgan fingerprint density at radius 1 is 1.14 bits per heavy atom. The lowest BCUT2D eigenvalue weighted by molar-refractivity contribution is 0.495. The van der Waals surface area contributed by atoms with E-state index in [0.29, 0.717) is 18.5 Å². The van der Waals surface area contributed by atoms with E-state index in [1.54, 1.807) is 0 Å². The molecule has 0 bridgehead atoms. The Kier molecular flexibility index (Phi) is 4.68. The SMILES string of the molecule is Fc1ccc(F)c(CCNC2CCCNc3ccccc32)c1. The first-order valence-electron chi connectivity index (χ1n) is 7.74. The summed E-state index contributed by atoms with van der Waals surface area (Å²) in [4.78, 5) is 0. The van der Waals surface area contributed by atoms with Crippen molar-refractivity contribution in [2.75, 3.05) is 18.4 Å². The standard InChI is InChI=1S/C18H20F2N2/c19-14-7-8-16(20)13(12-14)9-11-22-18-6-3-10-21-17-5-2-1-4-15(17)18/h1-2,4-5,7-8,12,18,21-22H,3,6,9-11H2. The fourth-order valence-corrected chi connectivity index (χ4v) is 2.97. The number of hydrogen-bond donors (Lipinski definition) is 2. The van der Waals surface area contributed by atoms with E-state index >= 15 is 0 Å². The van der Waals surface area contributed by atoms with E-state index in [9.17, 15) is 8.78 Å². The molecule has 0 aromatic heterocycles. The van der Waals surface area contributed by atoms with Crippen molar-refractivity contribution < 1.29 is 8.78 Å². The van der Waals surface area contributed by atoms with Crippen LogP contribution in [0.1, 0.15) is 30.0 Å². The second-order valence-corrected chi connectivity index (χ2v) is 5.65. The number of halogens is 2. The van der Waals surface area contributed by atoms with E-state index in [1.165, 1.54) is 17.7 Å². The fourth-order valence-electron chi connectivity index (χ4n) is 2.97. The molecule has 0 saturated heterocycles. The molecule has 2 aromatic rings. The highest BCUT2D eigenvalue weighted by Gasteiger charge is 2.17. The number of fused-ring (bicyclic) bond motifs is 1. The summed E-state index contributed by atoms with van der Waals surface area (Å²) < 4.78 is 26.8. The van der Waals surface area contributed by atoms with Crippen LogP contribution in [0.25, 0.3) is 0 Å². The summed E-state index contributed by atoms with van der Waals surface area (Å²) in [5, 5.41) is 6.91. The van der Waals surface area contributed by atoms with Crippen LogP contribution in [0, 0.1) is 11.6 Å². The maximum absolute atomic E-state index is 13.6. The van der Waals surface area contributed by atoms with Gasteiger partial charge in [0.05, 0.1) is 0 Å². The minimum Gasteiger partial charge on any atom is -0.385 e. The fraction of sp³-hybridized carbons (Fsp3) is 0.333. The van der Waals surface area contributed by atoms with Gasteiger partial charge >= 0.3 is 0 Å². The highest BCUT2D eigenvalue weighted by Crippen LogP contribution is 2.29. The maximum Gasteiger partial charge on any atom is 0.126 e. The second kappa shape index (κ2) is 6.88. The lowest BCUT2D eigenvalue weighted by Gasteiger charge is -2.19. The van der Waals surface area contributed by atoms with E-state index in [1.807, 2.05) is 12.1 Å². The summed E-state index contributed by atoms with van der Waals surface area (Å²) in [6, 6.07) is 12.1. The van der Waals surface area contributed by atoms with E-state index in [2.05, 4.69) is 22.8 Å². The third-order valence-electron chi connectivity index (χ3n) is 4.11. The third kappa shape index (κ3) is 3.45. The van der Waals surface area contributed by atoms with Gasteiger partial charge in [-0.25, -0.2) is 8.78 Å². The van der Waals surface area contributed by atoms with Crippen molar-refractivity contribution in [2.24, 2.45) is 0 Å². The monoisotopic (exact) mass is 302 g/mol. The molecule has 0 saturated carbocycles. The normalized spacial score (nSPS) is 17.5. The van der Waals surface area contributed by atoms with Gasteiger partial charge in [0, 0.05) is 18.3 Å². The van der Waals surface area contributed by atoms with Crippen LogP contribution in [0.4, 0.5) is 14.5 Å². The van der Waals surface area contributed by atoms with Crippen molar-refractivity contribution in [3.8, 4) is 0 Å². The predicted octanol–water partition coefficient (Wildman–Crippen LogP) is 4.04. The Labute approximate surface area is 129 Å². The molecule has 1 aliphatic rings. The number of anilines is 1. The molecule has 2 N–H and O–H groups in total. The molecule has 0 spiro atoms. The van der Waals surface area contributed by atoms with Crippen molar-refractivity contribution in [1.82, 2.24) is 5.32 Å². The highest BCUT2D eigenvalue weighted by atomic mass is 19.1. The lowest BCUT2D eigenvalue weighted by Crippen LogP contribution is -2.24. The van der Waals surface area contributed by atoms with Crippen molar-refractivity contribution in [3.63, 3.8) is 0 Å². The first-order valence-corrected chi connectivity index (χ1v) is 7.74.